The average Bonchev–Trinajstić information content (AvgIpc) is 2.58. The molecule has 1 amide bonds. The first kappa shape index (κ1) is 19.2. The number of methoxy groups -OCH3 is 1. The highest BCUT2D eigenvalue weighted by Gasteiger charge is 2.12. The van der Waals surface area contributed by atoms with Crippen LogP contribution in [0, 0.1) is 0 Å². The van der Waals surface area contributed by atoms with Crippen LogP contribution >= 0.6 is 23.2 Å². The minimum Gasteiger partial charge on any atom is -0.465 e. The molecule has 0 aromatic heterocycles. The number of hydrogen-bond donors (Lipinski definition) is 2. The van der Waals surface area contributed by atoms with E-state index in [9.17, 15) is 9.59 Å². The minimum absolute atomic E-state index is 0.123. The van der Waals surface area contributed by atoms with Crippen LogP contribution in [0.1, 0.15) is 15.9 Å². The number of carbonyl (C=O) groups excluding carboxylic acids is 2. The van der Waals surface area contributed by atoms with E-state index < -0.39 is 0 Å². The summed E-state index contributed by atoms with van der Waals surface area (Å²) in [5.74, 6) is -0.490. The first-order valence-electron chi connectivity index (χ1n) is 7.62. The fourth-order valence-electron chi connectivity index (χ4n) is 2.34. The van der Waals surface area contributed by atoms with Crippen LogP contribution < -0.4 is 10.2 Å². The zero-order valence-electron chi connectivity index (χ0n) is 13.9. The molecule has 0 aliphatic heterocycles. The third kappa shape index (κ3) is 5.74. The van der Waals surface area contributed by atoms with Gasteiger partial charge in [-0.2, -0.15) is 0 Å². The number of hydrogen-bond acceptors (Lipinski definition) is 3. The fourth-order valence-corrected chi connectivity index (χ4v) is 2.64. The van der Waals surface area contributed by atoms with Gasteiger partial charge in [-0.3, -0.25) is 4.79 Å². The van der Waals surface area contributed by atoms with Crippen LogP contribution in [0.2, 0.25) is 10.0 Å². The highest BCUT2D eigenvalue weighted by atomic mass is 35.5. The van der Waals surface area contributed by atoms with Gasteiger partial charge in [-0.15, -0.1) is 0 Å². The number of esters is 1. The number of likely N-dealkylation sites (N-methyl/N-ethyl adjacent to an activating group) is 1. The number of nitrogens with one attached hydrogen (secondary N) is 2. The van der Waals surface area contributed by atoms with Crippen molar-refractivity contribution in [3.8, 4) is 0 Å². The molecule has 0 aliphatic rings. The molecule has 0 heterocycles. The summed E-state index contributed by atoms with van der Waals surface area (Å²) in [6, 6.07) is 12.1. The van der Waals surface area contributed by atoms with Crippen molar-refractivity contribution in [2.24, 2.45) is 0 Å². The van der Waals surface area contributed by atoms with Gasteiger partial charge in [-0.05, 0) is 30.3 Å². The molecule has 25 heavy (non-hydrogen) atoms. The number of halogens is 2. The Bertz CT molecular complexity index is 763. The molecular formula is C18H19Cl2N2O3+. The number of anilines is 1. The molecule has 0 fully saturated rings. The Kier molecular flexibility index (Phi) is 6.82. The standard InChI is InChI=1S/C18H18Cl2N2O3/c1-22(10-12-3-5-13(6-4-12)18(24)25-2)11-17(23)21-14-7-8-15(19)16(20)9-14/h3-9H,10-11H2,1-2H3,(H,21,23)/p+1. The van der Waals surface area contributed by atoms with E-state index in [2.05, 4.69) is 10.1 Å². The largest absolute Gasteiger partial charge is 0.465 e. The SMILES string of the molecule is COC(=O)c1ccc(C[NH+](C)CC(=O)Nc2ccc(Cl)c(Cl)c2)cc1. The first-order valence-corrected chi connectivity index (χ1v) is 8.38. The monoisotopic (exact) mass is 381 g/mol. The third-order valence-corrected chi connectivity index (χ3v) is 4.29. The summed E-state index contributed by atoms with van der Waals surface area (Å²) in [5, 5.41) is 3.63. The minimum atomic E-state index is -0.367. The summed E-state index contributed by atoms with van der Waals surface area (Å²) in [5.41, 5.74) is 2.13. The molecule has 0 saturated carbocycles. The van der Waals surface area contributed by atoms with E-state index in [1.165, 1.54) is 7.11 Å². The van der Waals surface area contributed by atoms with Crippen molar-refractivity contribution in [3.63, 3.8) is 0 Å². The van der Waals surface area contributed by atoms with E-state index in [0.29, 0.717) is 34.4 Å². The molecule has 0 aliphatic carbocycles. The predicted molar refractivity (Wildman–Crippen MR) is 98.3 cm³/mol. The lowest BCUT2D eigenvalue weighted by molar-refractivity contribution is -0.885. The Morgan fingerprint density at radius 3 is 2.36 bits per heavy atom. The molecule has 0 bridgehead atoms. The average molecular weight is 382 g/mol. The first-order chi connectivity index (χ1) is 11.9. The molecule has 1 atom stereocenters. The number of amides is 1. The molecule has 132 valence electrons. The molecule has 2 rings (SSSR count). The fraction of sp³-hybridized carbons (Fsp3) is 0.222. The van der Waals surface area contributed by atoms with E-state index in [0.717, 1.165) is 10.5 Å². The van der Waals surface area contributed by atoms with Gasteiger partial charge in [0, 0.05) is 11.3 Å². The van der Waals surface area contributed by atoms with Gasteiger partial charge < -0.3 is 15.0 Å². The van der Waals surface area contributed by atoms with E-state index in [1.807, 2.05) is 19.2 Å². The lowest BCUT2D eigenvalue weighted by atomic mass is 10.1. The highest BCUT2D eigenvalue weighted by molar-refractivity contribution is 6.42. The van der Waals surface area contributed by atoms with Gasteiger partial charge in [0.25, 0.3) is 5.91 Å². The molecule has 1 unspecified atom stereocenters. The number of quaternary nitrogens is 1. The smallest absolute Gasteiger partial charge is 0.337 e. The maximum Gasteiger partial charge on any atom is 0.337 e. The van der Waals surface area contributed by atoms with Gasteiger partial charge in [0.05, 0.1) is 29.8 Å². The second-order valence-electron chi connectivity index (χ2n) is 5.68. The van der Waals surface area contributed by atoms with Crippen LogP contribution in [-0.4, -0.2) is 32.6 Å². The predicted octanol–water partition coefficient (Wildman–Crippen LogP) is 2.43. The Hall–Kier alpha value is -2.08. The van der Waals surface area contributed by atoms with Gasteiger partial charge in [0.15, 0.2) is 6.54 Å². The Morgan fingerprint density at radius 2 is 1.76 bits per heavy atom. The molecule has 5 nitrogen and oxygen atoms in total. The van der Waals surface area contributed by atoms with Crippen molar-refractivity contribution in [2.75, 3.05) is 26.0 Å². The zero-order chi connectivity index (χ0) is 18.4. The van der Waals surface area contributed by atoms with Crippen molar-refractivity contribution >= 4 is 40.8 Å². The number of ether oxygens (including phenoxy) is 1. The molecule has 2 N–H and O–H groups in total. The molecule has 2 aromatic rings. The summed E-state index contributed by atoms with van der Waals surface area (Å²) in [7, 11) is 3.27. The van der Waals surface area contributed by atoms with E-state index in [4.69, 9.17) is 23.2 Å². The summed E-state index contributed by atoms with van der Waals surface area (Å²) in [4.78, 5) is 24.5. The summed E-state index contributed by atoms with van der Waals surface area (Å²) >= 11 is 11.8. The maximum atomic E-state index is 12.1. The van der Waals surface area contributed by atoms with Crippen LogP contribution in [0.5, 0.6) is 0 Å². The van der Waals surface area contributed by atoms with Crippen LogP contribution in [-0.2, 0) is 16.1 Å². The quantitative estimate of drug-likeness (QED) is 0.755. The van der Waals surface area contributed by atoms with Gasteiger partial charge in [-0.1, -0.05) is 35.3 Å². The Balaban J connectivity index is 1.88. The summed E-state index contributed by atoms with van der Waals surface area (Å²) < 4.78 is 4.67. The number of benzene rings is 2. The van der Waals surface area contributed by atoms with Crippen molar-refractivity contribution in [1.29, 1.82) is 0 Å². The topological polar surface area (TPSA) is 59.8 Å². The normalized spacial score (nSPS) is 11.7. The van der Waals surface area contributed by atoms with E-state index in [1.54, 1.807) is 30.3 Å². The highest BCUT2D eigenvalue weighted by Crippen LogP contribution is 2.24. The molecule has 0 radical (unpaired) electrons. The molecule has 2 aromatic carbocycles. The van der Waals surface area contributed by atoms with Gasteiger partial charge >= 0.3 is 5.97 Å². The van der Waals surface area contributed by atoms with Crippen LogP contribution in [0.15, 0.2) is 42.5 Å². The van der Waals surface area contributed by atoms with Crippen molar-refractivity contribution in [2.45, 2.75) is 6.54 Å². The molecular weight excluding hydrogens is 363 g/mol. The van der Waals surface area contributed by atoms with Crippen LogP contribution in [0.3, 0.4) is 0 Å². The van der Waals surface area contributed by atoms with Crippen molar-refractivity contribution in [3.05, 3.63) is 63.6 Å². The lowest BCUT2D eigenvalue weighted by Gasteiger charge is -2.14. The second-order valence-corrected chi connectivity index (χ2v) is 6.49. The van der Waals surface area contributed by atoms with Crippen LogP contribution in [0.4, 0.5) is 5.69 Å². The van der Waals surface area contributed by atoms with Gasteiger partial charge in [0.2, 0.25) is 0 Å². The van der Waals surface area contributed by atoms with Gasteiger partial charge in [0.1, 0.15) is 6.54 Å². The molecule has 7 heteroatoms. The number of rotatable bonds is 6. The molecule has 0 spiro atoms. The molecule has 0 saturated heterocycles. The van der Waals surface area contributed by atoms with E-state index >= 15 is 0 Å². The third-order valence-electron chi connectivity index (χ3n) is 3.55. The Morgan fingerprint density at radius 1 is 1.08 bits per heavy atom. The number of carbonyl (C=O) groups is 2. The van der Waals surface area contributed by atoms with E-state index in [-0.39, 0.29) is 11.9 Å². The summed E-state index contributed by atoms with van der Waals surface area (Å²) in [6.45, 7) is 0.940. The van der Waals surface area contributed by atoms with Crippen molar-refractivity contribution in [1.82, 2.24) is 0 Å². The van der Waals surface area contributed by atoms with Crippen molar-refractivity contribution < 1.29 is 19.2 Å². The maximum absolute atomic E-state index is 12.1. The Labute approximate surface area is 156 Å². The van der Waals surface area contributed by atoms with Gasteiger partial charge in [-0.25, -0.2) is 4.79 Å². The zero-order valence-corrected chi connectivity index (χ0v) is 15.4. The van der Waals surface area contributed by atoms with Crippen LogP contribution in [0.25, 0.3) is 0 Å². The second kappa shape index (κ2) is 8.85. The lowest BCUT2D eigenvalue weighted by Crippen LogP contribution is -3.08. The summed E-state index contributed by atoms with van der Waals surface area (Å²) in [6.07, 6.45) is 0.